The highest BCUT2D eigenvalue weighted by molar-refractivity contribution is 6.18. The Labute approximate surface area is 125 Å². The Morgan fingerprint density at radius 2 is 1.47 bits per heavy atom. The Bertz CT molecular complexity index is 199. The lowest BCUT2D eigenvalue weighted by Crippen LogP contribution is -2.34. The minimum Gasteiger partial charge on any atom is -0.316 e. The fourth-order valence-corrected chi connectivity index (χ4v) is 3.58. The molecule has 2 heteroatoms. The van der Waals surface area contributed by atoms with Gasteiger partial charge in [-0.05, 0) is 31.2 Å². The molecule has 19 heavy (non-hydrogen) atoms. The van der Waals surface area contributed by atoms with Crippen molar-refractivity contribution in [3.05, 3.63) is 0 Å². The Hall–Kier alpha value is 0.250. The van der Waals surface area contributed by atoms with Gasteiger partial charge in [0.05, 0.1) is 0 Å². The molecule has 114 valence electrons. The average Bonchev–Trinajstić information content (AvgIpc) is 2.90. The second kappa shape index (κ2) is 11.0. The van der Waals surface area contributed by atoms with Gasteiger partial charge >= 0.3 is 0 Å². The van der Waals surface area contributed by atoms with Crippen LogP contribution in [-0.2, 0) is 0 Å². The molecule has 0 aromatic rings. The first-order valence-corrected chi connectivity index (χ1v) is 9.13. The molecule has 0 aromatic carbocycles. The fourth-order valence-electron chi connectivity index (χ4n) is 3.22. The van der Waals surface area contributed by atoms with Gasteiger partial charge in [0.25, 0.3) is 0 Å². The van der Waals surface area contributed by atoms with Crippen molar-refractivity contribution in [2.75, 3.05) is 19.0 Å². The van der Waals surface area contributed by atoms with Gasteiger partial charge in [0.2, 0.25) is 0 Å². The smallest absolute Gasteiger partial charge is 0.0292 e. The van der Waals surface area contributed by atoms with Crippen molar-refractivity contribution in [3.8, 4) is 0 Å². The third kappa shape index (κ3) is 7.56. The first-order valence-electron chi connectivity index (χ1n) is 8.60. The molecule has 0 bridgehead atoms. The molecule has 0 spiro atoms. The number of nitrogens with one attached hydrogen (secondary N) is 1. The van der Waals surface area contributed by atoms with Crippen molar-refractivity contribution in [1.29, 1.82) is 0 Å². The predicted octanol–water partition coefficient (Wildman–Crippen LogP) is 5.52. The molecule has 1 N–H and O–H groups in total. The van der Waals surface area contributed by atoms with Crippen LogP contribution < -0.4 is 5.32 Å². The molecular weight excluding hydrogens is 254 g/mol. The third-order valence-corrected chi connectivity index (χ3v) is 5.22. The SMILES string of the molecule is CCCCCCCCCCNCC1(CCl)CCCC1. The topological polar surface area (TPSA) is 12.0 Å². The van der Waals surface area contributed by atoms with Gasteiger partial charge in [-0.1, -0.05) is 64.7 Å². The van der Waals surface area contributed by atoms with E-state index >= 15 is 0 Å². The highest BCUT2D eigenvalue weighted by atomic mass is 35.5. The number of hydrogen-bond donors (Lipinski definition) is 1. The lowest BCUT2D eigenvalue weighted by Gasteiger charge is -2.26. The average molecular weight is 288 g/mol. The van der Waals surface area contributed by atoms with Gasteiger partial charge in [-0.25, -0.2) is 0 Å². The lowest BCUT2D eigenvalue weighted by molar-refractivity contribution is 0.320. The van der Waals surface area contributed by atoms with E-state index in [2.05, 4.69) is 12.2 Å². The highest BCUT2D eigenvalue weighted by Crippen LogP contribution is 2.38. The summed E-state index contributed by atoms with van der Waals surface area (Å²) in [5, 5.41) is 3.65. The summed E-state index contributed by atoms with van der Waals surface area (Å²) in [6, 6.07) is 0. The van der Waals surface area contributed by atoms with Gasteiger partial charge in [0.15, 0.2) is 0 Å². The Balaban J connectivity index is 1.85. The Morgan fingerprint density at radius 3 is 2.05 bits per heavy atom. The zero-order valence-corrected chi connectivity index (χ0v) is 13.7. The summed E-state index contributed by atoms with van der Waals surface area (Å²) in [6.07, 6.45) is 16.7. The molecular formula is C17H34ClN. The zero-order chi connectivity index (χ0) is 13.8. The molecule has 0 aromatic heterocycles. The minimum absolute atomic E-state index is 0.432. The summed E-state index contributed by atoms with van der Waals surface area (Å²) < 4.78 is 0. The molecule has 0 aliphatic heterocycles. The number of unbranched alkanes of at least 4 members (excludes halogenated alkanes) is 7. The van der Waals surface area contributed by atoms with Crippen molar-refractivity contribution < 1.29 is 0 Å². The van der Waals surface area contributed by atoms with Gasteiger partial charge in [0, 0.05) is 12.4 Å². The van der Waals surface area contributed by atoms with Crippen molar-refractivity contribution in [2.45, 2.75) is 84.0 Å². The van der Waals surface area contributed by atoms with Crippen LogP contribution >= 0.6 is 11.6 Å². The summed E-state index contributed by atoms with van der Waals surface area (Å²) in [5.41, 5.74) is 0.432. The fraction of sp³-hybridized carbons (Fsp3) is 1.00. The van der Waals surface area contributed by atoms with E-state index < -0.39 is 0 Å². The second-order valence-electron chi connectivity index (χ2n) is 6.49. The van der Waals surface area contributed by atoms with Gasteiger partial charge in [-0.15, -0.1) is 11.6 Å². The van der Waals surface area contributed by atoms with E-state index in [-0.39, 0.29) is 0 Å². The van der Waals surface area contributed by atoms with E-state index in [1.54, 1.807) is 0 Å². The maximum absolute atomic E-state index is 6.15. The second-order valence-corrected chi connectivity index (χ2v) is 6.76. The molecule has 1 saturated carbocycles. The van der Waals surface area contributed by atoms with Gasteiger partial charge in [-0.3, -0.25) is 0 Å². The van der Waals surface area contributed by atoms with E-state index in [0.29, 0.717) is 5.41 Å². The van der Waals surface area contributed by atoms with Crippen LogP contribution in [0.15, 0.2) is 0 Å². The number of rotatable bonds is 12. The third-order valence-electron chi connectivity index (χ3n) is 4.65. The van der Waals surface area contributed by atoms with E-state index in [0.717, 1.165) is 12.4 Å². The largest absolute Gasteiger partial charge is 0.316 e. The van der Waals surface area contributed by atoms with E-state index in [1.165, 1.54) is 83.6 Å². The molecule has 1 fully saturated rings. The molecule has 0 saturated heterocycles. The van der Waals surface area contributed by atoms with Crippen LogP contribution in [0.25, 0.3) is 0 Å². The molecule has 1 aliphatic rings. The molecule has 0 heterocycles. The standard InChI is InChI=1S/C17H34ClN/c1-2-3-4-5-6-7-8-11-14-19-16-17(15-18)12-9-10-13-17/h19H,2-16H2,1H3. The maximum Gasteiger partial charge on any atom is 0.0292 e. The van der Waals surface area contributed by atoms with Crippen molar-refractivity contribution in [2.24, 2.45) is 5.41 Å². The van der Waals surface area contributed by atoms with Gasteiger partial charge in [-0.2, -0.15) is 0 Å². The van der Waals surface area contributed by atoms with Crippen LogP contribution in [0.3, 0.4) is 0 Å². The summed E-state index contributed by atoms with van der Waals surface area (Å²) in [7, 11) is 0. The predicted molar refractivity (Wildman–Crippen MR) is 87.1 cm³/mol. The molecule has 1 aliphatic carbocycles. The van der Waals surface area contributed by atoms with Crippen LogP contribution in [0.4, 0.5) is 0 Å². The Morgan fingerprint density at radius 1 is 0.895 bits per heavy atom. The van der Waals surface area contributed by atoms with Crippen molar-refractivity contribution in [1.82, 2.24) is 5.32 Å². The lowest BCUT2D eigenvalue weighted by atomic mass is 9.88. The first kappa shape index (κ1) is 17.3. The molecule has 1 rings (SSSR count). The zero-order valence-electron chi connectivity index (χ0n) is 13.0. The van der Waals surface area contributed by atoms with Crippen LogP contribution in [0.1, 0.15) is 84.0 Å². The van der Waals surface area contributed by atoms with E-state index in [9.17, 15) is 0 Å². The Kier molecular flexibility index (Phi) is 9.99. The monoisotopic (exact) mass is 287 g/mol. The van der Waals surface area contributed by atoms with Crippen molar-refractivity contribution >= 4 is 11.6 Å². The molecule has 1 nitrogen and oxygen atoms in total. The highest BCUT2D eigenvalue weighted by Gasteiger charge is 2.32. The van der Waals surface area contributed by atoms with Crippen LogP contribution in [-0.4, -0.2) is 19.0 Å². The first-order chi connectivity index (χ1) is 9.33. The minimum atomic E-state index is 0.432. The molecule has 0 amide bonds. The summed E-state index contributed by atoms with van der Waals surface area (Å²) >= 11 is 6.15. The molecule has 0 radical (unpaired) electrons. The van der Waals surface area contributed by atoms with Gasteiger partial charge < -0.3 is 5.32 Å². The quantitative estimate of drug-likeness (QED) is 0.368. The van der Waals surface area contributed by atoms with Gasteiger partial charge in [0.1, 0.15) is 0 Å². The number of hydrogen-bond acceptors (Lipinski definition) is 1. The van der Waals surface area contributed by atoms with Crippen LogP contribution in [0.5, 0.6) is 0 Å². The van der Waals surface area contributed by atoms with Crippen molar-refractivity contribution in [3.63, 3.8) is 0 Å². The molecule has 0 atom stereocenters. The van der Waals surface area contributed by atoms with Crippen LogP contribution in [0, 0.1) is 5.41 Å². The normalized spacial score (nSPS) is 18.0. The molecule has 0 unspecified atom stereocenters. The summed E-state index contributed by atoms with van der Waals surface area (Å²) in [5.74, 6) is 0.845. The van der Waals surface area contributed by atoms with Crippen LogP contribution in [0.2, 0.25) is 0 Å². The van der Waals surface area contributed by atoms with E-state index in [1.807, 2.05) is 0 Å². The number of halogens is 1. The summed E-state index contributed by atoms with van der Waals surface area (Å²) in [6.45, 7) is 4.62. The number of alkyl halides is 1. The maximum atomic E-state index is 6.15. The van der Waals surface area contributed by atoms with E-state index in [4.69, 9.17) is 11.6 Å². The summed E-state index contributed by atoms with van der Waals surface area (Å²) in [4.78, 5) is 0.